The summed E-state index contributed by atoms with van der Waals surface area (Å²) < 4.78 is 0. The van der Waals surface area contributed by atoms with Gasteiger partial charge in [0.1, 0.15) is 0 Å². The summed E-state index contributed by atoms with van der Waals surface area (Å²) in [5, 5.41) is 18.1. The lowest BCUT2D eigenvalue weighted by Crippen LogP contribution is -2.22. The van der Waals surface area contributed by atoms with Gasteiger partial charge in [-0.1, -0.05) is 65.7 Å². The van der Waals surface area contributed by atoms with Gasteiger partial charge in [0.2, 0.25) is 0 Å². The van der Waals surface area contributed by atoms with Crippen molar-refractivity contribution in [1.82, 2.24) is 0 Å². The molecule has 0 rings (SSSR count). The number of carbonyl (C=O) groups is 2. The van der Waals surface area contributed by atoms with Crippen molar-refractivity contribution < 1.29 is 19.8 Å². The first-order valence-corrected chi connectivity index (χ1v) is 9.36. The van der Waals surface area contributed by atoms with Crippen LogP contribution in [0, 0.1) is 17.8 Å². The van der Waals surface area contributed by atoms with E-state index < -0.39 is 11.9 Å². The molecule has 0 amide bonds. The van der Waals surface area contributed by atoms with Crippen molar-refractivity contribution >= 4 is 11.9 Å². The summed E-state index contributed by atoms with van der Waals surface area (Å²) in [6, 6.07) is 0. The molecule has 0 saturated heterocycles. The molecule has 0 aliphatic rings. The second-order valence-corrected chi connectivity index (χ2v) is 6.93. The molecule has 0 heterocycles. The third-order valence-corrected chi connectivity index (χ3v) is 4.86. The zero-order chi connectivity index (χ0) is 17.7. The molecule has 0 radical (unpaired) electrons. The molecule has 0 aliphatic heterocycles. The molecule has 4 heteroatoms. The van der Waals surface area contributed by atoms with Gasteiger partial charge in [-0.2, -0.15) is 0 Å². The lowest BCUT2D eigenvalue weighted by molar-refractivity contribution is -0.143. The van der Waals surface area contributed by atoms with Gasteiger partial charge < -0.3 is 10.2 Å². The molecule has 136 valence electrons. The first kappa shape index (κ1) is 21.9. The molecule has 0 fully saturated rings. The van der Waals surface area contributed by atoms with Crippen LogP contribution in [-0.2, 0) is 9.59 Å². The SMILES string of the molecule is CCCCC(C)C(CCC)CC(CCCCCC(=O)O)C(=O)O. The summed E-state index contributed by atoms with van der Waals surface area (Å²) >= 11 is 0. The standard InChI is InChI=1S/C19H36O4/c1-4-6-11-15(3)16(10-5-2)14-17(19(22)23)12-8-7-9-13-18(20)21/h15-17H,4-14H2,1-3H3,(H,20,21)(H,22,23). The van der Waals surface area contributed by atoms with Crippen molar-refractivity contribution in [2.45, 2.75) is 91.4 Å². The maximum Gasteiger partial charge on any atom is 0.306 e. The van der Waals surface area contributed by atoms with Gasteiger partial charge in [-0.05, 0) is 31.1 Å². The Labute approximate surface area is 141 Å². The minimum absolute atomic E-state index is 0.185. The van der Waals surface area contributed by atoms with Crippen LogP contribution in [0.2, 0.25) is 0 Å². The molecule has 0 aromatic heterocycles. The minimum Gasteiger partial charge on any atom is -0.481 e. The Morgan fingerprint density at radius 1 is 0.870 bits per heavy atom. The predicted molar refractivity (Wildman–Crippen MR) is 93.6 cm³/mol. The molecule has 3 atom stereocenters. The molecule has 0 bridgehead atoms. The molecule has 4 nitrogen and oxygen atoms in total. The van der Waals surface area contributed by atoms with E-state index in [1.807, 2.05) is 0 Å². The maximum atomic E-state index is 11.6. The lowest BCUT2D eigenvalue weighted by Gasteiger charge is -2.26. The van der Waals surface area contributed by atoms with Crippen LogP contribution in [0.5, 0.6) is 0 Å². The Morgan fingerprint density at radius 2 is 1.57 bits per heavy atom. The number of aliphatic carboxylic acids is 2. The van der Waals surface area contributed by atoms with E-state index in [2.05, 4.69) is 20.8 Å². The molecule has 0 aliphatic carbocycles. The zero-order valence-corrected chi connectivity index (χ0v) is 15.2. The molecule has 23 heavy (non-hydrogen) atoms. The average Bonchev–Trinajstić information content (AvgIpc) is 2.49. The monoisotopic (exact) mass is 328 g/mol. The Morgan fingerprint density at radius 3 is 2.09 bits per heavy atom. The van der Waals surface area contributed by atoms with Crippen LogP contribution in [0.1, 0.15) is 91.4 Å². The summed E-state index contributed by atoms with van der Waals surface area (Å²) in [5.74, 6) is -0.657. The van der Waals surface area contributed by atoms with E-state index in [0.717, 1.165) is 32.1 Å². The number of rotatable bonds is 15. The normalized spacial score (nSPS) is 15.1. The first-order chi connectivity index (χ1) is 10.9. The van der Waals surface area contributed by atoms with Crippen LogP contribution in [0.4, 0.5) is 0 Å². The van der Waals surface area contributed by atoms with Gasteiger partial charge in [0.15, 0.2) is 0 Å². The predicted octanol–water partition coefficient (Wildman–Crippen LogP) is 5.36. The number of hydrogen-bond donors (Lipinski definition) is 2. The highest BCUT2D eigenvalue weighted by Gasteiger charge is 2.25. The van der Waals surface area contributed by atoms with Crippen molar-refractivity contribution in [3.05, 3.63) is 0 Å². The Kier molecular flexibility index (Phi) is 12.8. The van der Waals surface area contributed by atoms with Crippen molar-refractivity contribution in [3.8, 4) is 0 Å². The highest BCUT2D eigenvalue weighted by Crippen LogP contribution is 2.31. The van der Waals surface area contributed by atoms with Gasteiger partial charge >= 0.3 is 11.9 Å². The van der Waals surface area contributed by atoms with E-state index >= 15 is 0 Å². The van der Waals surface area contributed by atoms with Crippen LogP contribution >= 0.6 is 0 Å². The van der Waals surface area contributed by atoms with Gasteiger partial charge in [-0.15, -0.1) is 0 Å². The largest absolute Gasteiger partial charge is 0.481 e. The molecule has 0 spiro atoms. The molecule has 0 aromatic carbocycles. The fourth-order valence-corrected chi connectivity index (χ4v) is 3.32. The van der Waals surface area contributed by atoms with Gasteiger partial charge in [0.05, 0.1) is 5.92 Å². The van der Waals surface area contributed by atoms with E-state index in [1.54, 1.807) is 0 Å². The summed E-state index contributed by atoms with van der Waals surface area (Å²) in [6.45, 7) is 6.63. The van der Waals surface area contributed by atoms with Gasteiger partial charge in [0.25, 0.3) is 0 Å². The smallest absolute Gasteiger partial charge is 0.306 e. The quantitative estimate of drug-likeness (QED) is 0.397. The van der Waals surface area contributed by atoms with Crippen LogP contribution in [-0.4, -0.2) is 22.2 Å². The minimum atomic E-state index is -0.771. The average molecular weight is 328 g/mol. The molecule has 3 unspecified atom stereocenters. The van der Waals surface area contributed by atoms with Gasteiger partial charge in [0, 0.05) is 6.42 Å². The topological polar surface area (TPSA) is 74.6 Å². The summed E-state index contributed by atoms with van der Waals surface area (Å²) in [4.78, 5) is 22.0. The van der Waals surface area contributed by atoms with Crippen LogP contribution in [0.3, 0.4) is 0 Å². The Bertz CT molecular complexity index is 327. The number of hydrogen-bond acceptors (Lipinski definition) is 2. The van der Waals surface area contributed by atoms with Crippen LogP contribution in [0.15, 0.2) is 0 Å². The Balaban J connectivity index is 4.37. The molecular formula is C19H36O4. The third kappa shape index (κ3) is 11.2. The molecular weight excluding hydrogens is 292 g/mol. The fraction of sp³-hybridized carbons (Fsp3) is 0.895. The third-order valence-electron chi connectivity index (χ3n) is 4.86. The van der Waals surface area contributed by atoms with Gasteiger partial charge in [-0.25, -0.2) is 0 Å². The number of unbranched alkanes of at least 4 members (excludes halogenated alkanes) is 3. The van der Waals surface area contributed by atoms with E-state index in [4.69, 9.17) is 5.11 Å². The lowest BCUT2D eigenvalue weighted by atomic mass is 9.79. The van der Waals surface area contributed by atoms with Crippen molar-refractivity contribution in [3.63, 3.8) is 0 Å². The van der Waals surface area contributed by atoms with E-state index in [-0.39, 0.29) is 12.3 Å². The number of carboxylic acids is 2. The zero-order valence-electron chi connectivity index (χ0n) is 15.2. The summed E-state index contributed by atoms with van der Waals surface area (Å²) in [5.41, 5.74) is 0. The highest BCUT2D eigenvalue weighted by atomic mass is 16.4. The first-order valence-electron chi connectivity index (χ1n) is 9.36. The Hall–Kier alpha value is -1.06. The van der Waals surface area contributed by atoms with Crippen molar-refractivity contribution in [1.29, 1.82) is 0 Å². The van der Waals surface area contributed by atoms with E-state index in [0.29, 0.717) is 24.7 Å². The van der Waals surface area contributed by atoms with Crippen LogP contribution in [0.25, 0.3) is 0 Å². The maximum absolute atomic E-state index is 11.6. The molecule has 0 saturated carbocycles. The van der Waals surface area contributed by atoms with Crippen LogP contribution < -0.4 is 0 Å². The van der Waals surface area contributed by atoms with Gasteiger partial charge in [-0.3, -0.25) is 9.59 Å². The van der Waals surface area contributed by atoms with E-state index in [9.17, 15) is 14.7 Å². The summed E-state index contributed by atoms with van der Waals surface area (Å²) in [6.07, 6.45) is 9.70. The van der Waals surface area contributed by atoms with Crippen molar-refractivity contribution in [2.24, 2.45) is 17.8 Å². The second-order valence-electron chi connectivity index (χ2n) is 6.93. The molecule has 0 aromatic rings. The fourth-order valence-electron chi connectivity index (χ4n) is 3.32. The molecule has 2 N–H and O–H groups in total. The second kappa shape index (κ2) is 13.4. The highest BCUT2D eigenvalue weighted by molar-refractivity contribution is 5.69. The van der Waals surface area contributed by atoms with E-state index in [1.165, 1.54) is 19.3 Å². The number of carboxylic acid groups (broad SMARTS) is 2. The van der Waals surface area contributed by atoms with Crippen molar-refractivity contribution in [2.75, 3.05) is 0 Å². The summed E-state index contributed by atoms with van der Waals surface area (Å²) in [7, 11) is 0.